The molecule has 404 valence electrons. The second-order valence-electron chi connectivity index (χ2n) is 19.2. The van der Waals surface area contributed by atoms with E-state index >= 15 is 0 Å². The Hall–Kier alpha value is -3.93. The van der Waals surface area contributed by atoms with Gasteiger partial charge in [0.05, 0.1) is 0 Å². The number of carbonyl (C=O) groups excluding carboxylic acids is 3. The van der Waals surface area contributed by atoms with Crippen LogP contribution in [0.15, 0.2) is 109 Å². The molecule has 0 saturated carbocycles. The normalized spacial score (nSPS) is 12.9. The van der Waals surface area contributed by atoms with Gasteiger partial charge in [-0.05, 0) is 128 Å². The average molecular weight is 986 g/mol. The van der Waals surface area contributed by atoms with E-state index in [0.717, 1.165) is 122 Å². The zero-order valence-electron chi connectivity index (χ0n) is 46.2. The van der Waals surface area contributed by atoms with Gasteiger partial charge in [0.25, 0.3) is 0 Å². The van der Waals surface area contributed by atoms with Crippen LogP contribution in [0.3, 0.4) is 0 Å². The van der Waals surface area contributed by atoms with E-state index in [-0.39, 0.29) is 37.5 Å². The molecule has 0 aromatic heterocycles. The van der Waals surface area contributed by atoms with Gasteiger partial charge in [-0.25, -0.2) is 0 Å². The first-order valence-corrected chi connectivity index (χ1v) is 29.4. The molecule has 0 aliphatic rings. The molecule has 0 aromatic rings. The van der Waals surface area contributed by atoms with E-state index in [1.165, 1.54) is 103 Å². The number of unbranched alkanes of at least 4 members (excludes halogenated alkanes) is 23. The first kappa shape index (κ1) is 67.1. The topological polar surface area (TPSA) is 78.9 Å². The summed E-state index contributed by atoms with van der Waals surface area (Å²) in [6, 6.07) is 0. The van der Waals surface area contributed by atoms with Crippen molar-refractivity contribution >= 4 is 17.9 Å². The standard InChI is InChI=1S/C65H108O6/c1-4-7-10-13-16-19-22-25-28-31-32-35-37-40-43-46-49-52-55-58-64(67)70-61-62(71-65(68)59-56-53-50-47-44-41-38-34-30-27-24-21-18-15-12-9-6-3)60-69-63(66)57-54-51-48-45-42-39-36-33-29-26-23-20-17-14-11-8-5-2/h9,12,16,18-19,21,25-30,32,35,38,40-41,43,62H,4-8,10-11,13-15,17,20,22-24,31,33-34,36-37,39,42,44-61H2,1-3H3/b12-9-,19-16-,21-18-,28-25-,29-26-,30-27-,35-32-,41-38-,43-40-/t62-/m0/s1. The third-order valence-electron chi connectivity index (χ3n) is 12.2. The van der Waals surface area contributed by atoms with Gasteiger partial charge in [0.2, 0.25) is 0 Å². The molecule has 0 spiro atoms. The lowest BCUT2D eigenvalue weighted by Crippen LogP contribution is -2.30. The first-order valence-electron chi connectivity index (χ1n) is 29.4. The Balaban J connectivity index is 4.51. The van der Waals surface area contributed by atoms with Gasteiger partial charge in [-0.1, -0.05) is 226 Å². The number of ether oxygens (including phenoxy) is 3. The van der Waals surface area contributed by atoms with Crippen LogP contribution in [0.2, 0.25) is 0 Å². The van der Waals surface area contributed by atoms with Gasteiger partial charge in [-0.2, -0.15) is 0 Å². The van der Waals surface area contributed by atoms with Gasteiger partial charge in [0.15, 0.2) is 6.10 Å². The van der Waals surface area contributed by atoms with Crippen molar-refractivity contribution in [1.29, 1.82) is 0 Å². The Morgan fingerprint density at radius 3 is 0.915 bits per heavy atom. The van der Waals surface area contributed by atoms with E-state index in [2.05, 4.69) is 130 Å². The van der Waals surface area contributed by atoms with Crippen LogP contribution in [0.5, 0.6) is 0 Å². The van der Waals surface area contributed by atoms with Crippen molar-refractivity contribution in [2.24, 2.45) is 0 Å². The summed E-state index contributed by atoms with van der Waals surface area (Å²) in [4.78, 5) is 38.2. The smallest absolute Gasteiger partial charge is 0.306 e. The molecule has 1 atom stereocenters. The van der Waals surface area contributed by atoms with Gasteiger partial charge < -0.3 is 14.2 Å². The lowest BCUT2D eigenvalue weighted by Gasteiger charge is -2.18. The van der Waals surface area contributed by atoms with Crippen LogP contribution in [0.1, 0.15) is 265 Å². The maximum Gasteiger partial charge on any atom is 0.306 e. The van der Waals surface area contributed by atoms with Gasteiger partial charge in [0.1, 0.15) is 13.2 Å². The highest BCUT2D eigenvalue weighted by atomic mass is 16.6. The molecule has 0 bridgehead atoms. The van der Waals surface area contributed by atoms with E-state index < -0.39 is 6.10 Å². The summed E-state index contributed by atoms with van der Waals surface area (Å²) >= 11 is 0. The molecule has 71 heavy (non-hydrogen) atoms. The molecule has 0 aliphatic carbocycles. The minimum absolute atomic E-state index is 0.102. The highest BCUT2D eigenvalue weighted by Gasteiger charge is 2.19. The fourth-order valence-corrected chi connectivity index (χ4v) is 7.82. The van der Waals surface area contributed by atoms with Gasteiger partial charge in [0, 0.05) is 19.3 Å². The van der Waals surface area contributed by atoms with Crippen molar-refractivity contribution in [3.63, 3.8) is 0 Å². The first-order chi connectivity index (χ1) is 35.0. The summed E-state index contributed by atoms with van der Waals surface area (Å²) in [6.07, 6.45) is 79.3. The van der Waals surface area contributed by atoms with Crippen LogP contribution < -0.4 is 0 Å². The van der Waals surface area contributed by atoms with Crippen molar-refractivity contribution < 1.29 is 28.6 Å². The summed E-state index contributed by atoms with van der Waals surface area (Å²) in [6.45, 7) is 6.45. The molecular weight excluding hydrogens is 877 g/mol. The molecule has 0 heterocycles. The zero-order chi connectivity index (χ0) is 51.4. The summed E-state index contributed by atoms with van der Waals surface area (Å²) in [5.74, 6) is -0.960. The van der Waals surface area contributed by atoms with Crippen LogP contribution >= 0.6 is 0 Å². The molecule has 6 nitrogen and oxygen atoms in total. The highest BCUT2D eigenvalue weighted by Crippen LogP contribution is 2.14. The van der Waals surface area contributed by atoms with Gasteiger partial charge in [-0.15, -0.1) is 0 Å². The number of hydrogen-bond donors (Lipinski definition) is 0. The fraction of sp³-hybridized carbons (Fsp3) is 0.677. The molecular formula is C65H108O6. The third kappa shape index (κ3) is 56.9. The molecule has 0 aliphatic heterocycles. The van der Waals surface area contributed by atoms with Gasteiger partial charge >= 0.3 is 17.9 Å². The van der Waals surface area contributed by atoms with Crippen LogP contribution in [0, 0.1) is 0 Å². The predicted octanol–water partition coefficient (Wildman–Crippen LogP) is 19.9. The van der Waals surface area contributed by atoms with E-state index in [1.807, 2.05) is 0 Å². The molecule has 0 N–H and O–H groups in total. The molecule has 6 heteroatoms. The summed E-state index contributed by atoms with van der Waals surface area (Å²) in [7, 11) is 0. The fourth-order valence-electron chi connectivity index (χ4n) is 7.82. The van der Waals surface area contributed by atoms with Crippen LogP contribution in [0.25, 0.3) is 0 Å². The number of hydrogen-bond acceptors (Lipinski definition) is 6. The Labute approximate surface area is 438 Å². The lowest BCUT2D eigenvalue weighted by atomic mass is 10.1. The monoisotopic (exact) mass is 985 g/mol. The predicted molar refractivity (Wildman–Crippen MR) is 307 cm³/mol. The Kier molecular flexibility index (Phi) is 55.4. The van der Waals surface area contributed by atoms with Crippen LogP contribution in [-0.4, -0.2) is 37.2 Å². The number of rotatable bonds is 52. The molecule has 0 unspecified atom stereocenters. The SMILES string of the molecule is CC/C=C\C/C=C\C/C=C\C/C=C\CCCCCCC(=O)O[C@H](COC(=O)CCCCC/C=C\C/C=C\C/C=C\C/C=C\CCCCC)COC(=O)CCCCCCCCC/C=C\CCCCCCCC. The third-order valence-corrected chi connectivity index (χ3v) is 12.2. The summed E-state index contributed by atoms with van der Waals surface area (Å²) < 4.78 is 16.8. The van der Waals surface area contributed by atoms with E-state index in [9.17, 15) is 14.4 Å². The molecule has 0 saturated heterocycles. The van der Waals surface area contributed by atoms with Crippen molar-refractivity contribution in [3.05, 3.63) is 109 Å². The minimum atomic E-state index is -0.809. The number of carbonyl (C=O) groups is 3. The van der Waals surface area contributed by atoms with Crippen molar-refractivity contribution in [2.45, 2.75) is 271 Å². The van der Waals surface area contributed by atoms with E-state index in [4.69, 9.17) is 14.2 Å². The minimum Gasteiger partial charge on any atom is -0.462 e. The number of esters is 3. The second-order valence-corrected chi connectivity index (χ2v) is 19.2. The van der Waals surface area contributed by atoms with E-state index in [0.29, 0.717) is 12.8 Å². The van der Waals surface area contributed by atoms with Crippen molar-refractivity contribution in [1.82, 2.24) is 0 Å². The van der Waals surface area contributed by atoms with Gasteiger partial charge in [-0.3, -0.25) is 14.4 Å². The molecule has 0 radical (unpaired) electrons. The Morgan fingerprint density at radius 2 is 0.549 bits per heavy atom. The van der Waals surface area contributed by atoms with Crippen molar-refractivity contribution in [3.8, 4) is 0 Å². The second kappa shape index (κ2) is 58.6. The molecule has 0 fully saturated rings. The summed E-state index contributed by atoms with van der Waals surface area (Å²) in [5.41, 5.74) is 0. The van der Waals surface area contributed by atoms with E-state index in [1.54, 1.807) is 0 Å². The largest absolute Gasteiger partial charge is 0.462 e. The maximum absolute atomic E-state index is 12.9. The molecule has 0 aromatic carbocycles. The van der Waals surface area contributed by atoms with Crippen LogP contribution in [-0.2, 0) is 28.6 Å². The Morgan fingerprint density at radius 1 is 0.296 bits per heavy atom. The van der Waals surface area contributed by atoms with Crippen molar-refractivity contribution in [2.75, 3.05) is 13.2 Å². The maximum atomic E-state index is 12.9. The Bertz CT molecular complexity index is 1460. The average Bonchev–Trinajstić information content (AvgIpc) is 3.37. The van der Waals surface area contributed by atoms with Crippen LogP contribution in [0.4, 0.5) is 0 Å². The quantitative estimate of drug-likeness (QED) is 0.0261. The molecule has 0 rings (SSSR count). The number of allylic oxidation sites excluding steroid dienone is 18. The summed E-state index contributed by atoms with van der Waals surface area (Å²) in [5, 5.41) is 0. The lowest BCUT2D eigenvalue weighted by molar-refractivity contribution is -0.167. The zero-order valence-corrected chi connectivity index (χ0v) is 46.2. The molecule has 0 amide bonds. The highest BCUT2D eigenvalue weighted by molar-refractivity contribution is 5.71.